The fourth-order valence-corrected chi connectivity index (χ4v) is 3.27. The zero-order valence-corrected chi connectivity index (χ0v) is 15.8. The Hall–Kier alpha value is -0.520. The molecule has 0 aliphatic carbocycles. The fourth-order valence-electron chi connectivity index (χ4n) is 1.75. The zero-order chi connectivity index (χ0) is 14.7. The zero-order valence-electron chi connectivity index (χ0n) is 11.0. The van der Waals surface area contributed by atoms with E-state index in [2.05, 4.69) is 60.8 Å². The molecule has 0 spiro atoms. The molecule has 0 saturated carbocycles. The molecule has 0 atom stereocenters. The molecule has 5 heteroatoms. The quantitative estimate of drug-likeness (QED) is 0.500. The molecule has 2 nitrogen and oxygen atoms in total. The molecule has 0 heterocycles. The maximum atomic E-state index is 5.92. The van der Waals surface area contributed by atoms with Crippen LogP contribution in [0.2, 0.25) is 0 Å². The lowest BCUT2D eigenvalue weighted by Gasteiger charge is -2.12. The van der Waals surface area contributed by atoms with Gasteiger partial charge in [-0.1, -0.05) is 22.0 Å². The van der Waals surface area contributed by atoms with Gasteiger partial charge in [0, 0.05) is 5.33 Å². The van der Waals surface area contributed by atoms with Gasteiger partial charge in [0.2, 0.25) is 0 Å². The Bertz CT molecular complexity index is 627. The summed E-state index contributed by atoms with van der Waals surface area (Å²) in [7, 11) is 1.63. The van der Waals surface area contributed by atoms with Crippen LogP contribution < -0.4 is 9.47 Å². The summed E-state index contributed by atoms with van der Waals surface area (Å²) in [4.78, 5) is 0. The maximum absolute atomic E-state index is 5.92. The molecule has 106 valence electrons. The predicted octanol–water partition coefficient (Wildman–Crippen LogP) is 6.22. The van der Waals surface area contributed by atoms with Crippen LogP contribution in [0.3, 0.4) is 0 Å². The van der Waals surface area contributed by atoms with Gasteiger partial charge in [-0.05, 0) is 74.2 Å². The number of methoxy groups -OCH3 is 1. The maximum Gasteiger partial charge on any atom is 0.143 e. The molecular weight excluding hydrogens is 452 g/mol. The van der Waals surface area contributed by atoms with E-state index in [1.807, 2.05) is 24.3 Å². The molecule has 0 amide bonds. The lowest BCUT2D eigenvalue weighted by molar-refractivity contribution is 0.409. The largest absolute Gasteiger partial charge is 0.496 e. The number of alkyl halides is 1. The van der Waals surface area contributed by atoms with Crippen molar-refractivity contribution in [2.75, 3.05) is 7.11 Å². The summed E-state index contributed by atoms with van der Waals surface area (Å²) < 4.78 is 12.9. The van der Waals surface area contributed by atoms with Crippen molar-refractivity contribution in [2.24, 2.45) is 0 Å². The van der Waals surface area contributed by atoms with E-state index >= 15 is 0 Å². The van der Waals surface area contributed by atoms with Crippen molar-refractivity contribution in [3.63, 3.8) is 0 Å². The molecule has 0 N–H and O–H groups in total. The van der Waals surface area contributed by atoms with Gasteiger partial charge in [0.25, 0.3) is 0 Å². The summed E-state index contributed by atoms with van der Waals surface area (Å²) >= 11 is 10.4. The Balaban J connectivity index is 2.30. The molecule has 0 saturated heterocycles. The van der Waals surface area contributed by atoms with Gasteiger partial charge in [-0.15, -0.1) is 0 Å². The van der Waals surface area contributed by atoms with E-state index in [9.17, 15) is 0 Å². The van der Waals surface area contributed by atoms with Gasteiger partial charge in [-0.25, -0.2) is 0 Å². The monoisotopic (exact) mass is 462 g/mol. The smallest absolute Gasteiger partial charge is 0.143 e. The predicted molar refractivity (Wildman–Crippen MR) is 92.3 cm³/mol. The first kappa shape index (κ1) is 15.9. The minimum absolute atomic E-state index is 0.740. The average Bonchev–Trinajstić information content (AvgIpc) is 2.42. The number of aryl methyl sites for hydroxylation is 1. The minimum atomic E-state index is 0.740. The number of benzene rings is 2. The Morgan fingerprint density at radius 3 is 2.25 bits per heavy atom. The Morgan fingerprint density at radius 1 is 1.00 bits per heavy atom. The second-order valence-corrected chi connectivity index (χ2v) is 6.51. The summed E-state index contributed by atoms with van der Waals surface area (Å²) in [6.45, 7) is 2.07. The summed E-state index contributed by atoms with van der Waals surface area (Å²) in [5, 5.41) is 0.844. The van der Waals surface area contributed by atoms with E-state index in [1.54, 1.807) is 7.11 Å². The molecule has 20 heavy (non-hydrogen) atoms. The Kier molecular flexibility index (Phi) is 5.52. The molecule has 0 radical (unpaired) electrons. The van der Waals surface area contributed by atoms with Crippen molar-refractivity contribution in [3.8, 4) is 17.2 Å². The van der Waals surface area contributed by atoms with Crippen LogP contribution >= 0.6 is 47.8 Å². The molecule has 0 bridgehead atoms. The molecular formula is C15H13Br3O2. The number of hydrogen-bond donors (Lipinski definition) is 0. The van der Waals surface area contributed by atoms with E-state index in [-0.39, 0.29) is 0 Å². The third kappa shape index (κ3) is 3.57. The SMILES string of the molecule is COc1cc(Br)c(Oc2ccc(CBr)c(C)c2)cc1Br. The average molecular weight is 465 g/mol. The second-order valence-electron chi connectivity index (χ2n) is 4.24. The first-order valence-electron chi connectivity index (χ1n) is 5.91. The van der Waals surface area contributed by atoms with E-state index in [4.69, 9.17) is 9.47 Å². The molecule has 0 unspecified atom stereocenters. The van der Waals surface area contributed by atoms with Crippen LogP contribution in [-0.2, 0) is 5.33 Å². The first-order valence-corrected chi connectivity index (χ1v) is 8.62. The molecule has 0 aliphatic rings. The van der Waals surface area contributed by atoms with Gasteiger partial charge in [-0.3, -0.25) is 0 Å². The lowest BCUT2D eigenvalue weighted by atomic mass is 10.1. The van der Waals surface area contributed by atoms with Crippen molar-refractivity contribution in [1.29, 1.82) is 0 Å². The first-order chi connectivity index (χ1) is 9.55. The Morgan fingerprint density at radius 2 is 1.65 bits per heavy atom. The van der Waals surface area contributed by atoms with Gasteiger partial charge in [0.1, 0.15) is 17.2 Å². The van der Waals surface area contributed by atoms with E-state index in [1.165, 1.54) is 11.1 Å². The second kappa shape index (κ2) is 6.96. The number of rotatable bonds is 4. The highest BCUT2D eigenvalue weighted by molar-refractivity contribution is 9.11. The van der Waals surface area contributed by atoms with Gasteiger partial charge < -0.3 is 9.47 Å². The summed E-state index contributed by atoms with van der Waals surface area (Å²) in [5.41, 5.74) is 2.45. The van der Waals surface area contributed by atoms with Gasteiger partial charge >= 0.3 is 0 Å². The minimum Gasteiger partial charge on any atom is -0.496 e. The van der Waals surface area contributed by atoms with Gasteiger partial charge in [0.15, 0.2) is 0 Å². The standard InChI is InChI=1S/C15H13Br3O2/c1-9-5-11(4-3-10(9)8-16)20-15-7-12(17)14(19-2)6-13(15)18/h3-7H,8H2,1-2H3. The van der Waals surface area contributed by atoms with Crippen LogP contribution in [0.1, 0.15) is 11.1 Å². The van der Waals surface area contributed by atoms with Crippen LogP contribution in [0.5, 0.6) is 17.2 Å². The molecule has 2 aromatic rings. The number of halogens is 3. The summed E-state index contributed by atoms with van der Waals surface area (Å²) in [6, 6.07) is 9.82. The van der Waals surface area contributed by atoms with E-state index in [0.717, 1.165) is 31.5 Å². The van der Waals surface area contributed by atoms with Crippen LogP contribution in [0.15, 0.2) is 39.3 Å². The summed E-state index contributed by atoms with van der Waals surface area (Å²) in [5.74, 6) is 2.31. The topological polar surface area (TPSA) is 18.5 Å². The number of ether oxygens (including phenoxy) is 2. The van der Waals surface area contributed by atoms with Gasteiger partial charge in [0.05, 0.1) is 16.1 Å². The molecule has 0 aromatic heterocycles. The van der Waals surface area contributed by atoms with Crippen molar-refractivity contribution in [3.05, 3.63) is 50.4 Å². The molecule has 2 rings (SSSR count). The van der Waals surface area contributed by atoms with Crippen LogP contribution in [0, 0.1) is 6.92 Å². The highest BCUT2D eigenvalue weighted by Crippen LogP contribution is 2.38. The van der Waals surface area contributed by atoms with Crippen LogP contribution in [0.4, 0.5) is 0 Å². The Labute approximate surface area is 143 Å². The molecule has 2 aromatic carbocycles. The van der Waals surface area contributed by atoms with Gasteiger partial charge in [-0.2, -0.15) is 0 Å². The van der Waals surface area contributed by atoms with Crippen molar-refractivity contribution in [2.45, 2.75) is 12.3 Å². The van der Waals surface area contributed by atoms with Crippen molar-refractivity contribution < 1.29 is 9.47 Å². The fraction of sp³-hybridized carbons (Fsp3) is 0.200. The highest BCUT2D eigenvalue weighted by Gasteiger charge is 2.09. The number of hydrogen-bond acceptors (Lipinski definition) is 2. The molecule has 0 fully saturated rings. The van der Waals surface area contributed by atoms with Crippen LogP contribution in [-0.4, -0.2) is 7.11 Å². The lowest BCUT2D eigenvalue weighted by Crippen LogP contribution is -1.91. The van der Waals surface area contributed by atoms with Crippen molar-refractivity contribution >= 4 is 47.8 Å². The van der Waals surface area contributed by atoms with Crippen molar-refractivity contribution in [1.82, 2.24) is 0 Å². The third-order valence-electron chi connectivity index (χ3n) is 2.89. The highest BCUT2D eigenvalue weighted by atomic mass is 79.9. The molecule has 0 aliphatic heterocycles. The summed E-state index contributed by atoms with van der Waals surface area (Å²) in [6.07, 6.45) is 0. The van der Waals surface area contributed by atoms with E-state index in [0.29, 0.717) is 0 Å². The third-order valence-corrected chi connectivity index (χ3v) is 4.74. The normalized spacial score (nSPS) is 10.4. The van der Waals surface area contributed by atoms with E-state index < -0.39 is 0 Å². The van der Waals surface area contributed by atoms with Crippen LogP contribution in [0.25, 0.3) is 0 Å².